The summed E-state index contributed by atoms with van der Waals surface area (Å²) in [5.41, 5.74) is 0.730. The first-order valence-corrected chi connectivity index (χ1v) is 9.04. The summed E-state index contributed by atoms with van der Waals surface area (Å²) >= 11 is 0. The van der Waals surface area contributed by atoms with Crippen molar-refractivity contribution in [3.8, 4) is 29.1 Å². The van der Waals surface area contributed by atoms with Crippen molar-refractivity contribution in [2.24, 2.45) is 0 Å². The number of ether oxygens (including phenoxy) is 5. The van der Waals surface area contributed by atoms with E-state index in [1.807, 2.05) is 25.1 Å². The van der Waals surface area contributed by atoms with Gasteiger partial charge in [0.1, 0.15) is 30.8 Å². The summed E-state index contributed by atoms with van der Waals surface area (Å²) in [6.07, 6.45) is 2.92. The van der Waals surface area contributed by atoms with Crippen molar-refractivity contribution in [3.05, 3.63) is 54.1 Å². The summed E-state index contributed by atoms with van der Waals surface area (Å²) in [6.45, 7) is 2.82. The van der Waals surface area contributed by atoms with Crippen molar-refractivity contribution in [1.29, 1.82) is 5.26 Å². The third-order valence-corrected chi connectivity index (χ3v) is 3.62. The number of esters is 1. The molecule has 0 aliphatic heterocycles. The second kappa shape index (κ2) is 11.9. The average molecular weight is 397 g/mol. The number of nitrogens with zero attached hydrogens (tertiary/aromatic N) is 1. The Hall–Kier alpha value is -3.66. The largest absolute Gasteiger partial charge is 0.494 e. The van der Waals surface area contributed by atoms with Crippen LogP contribution in [0.3, 0.4) is 0 Å². The second-order valence-corrected chi connectivity index (χ2v) is 5.61. The summed E-state index contributed by atoms with van der Waals surface area (Å²) in [5, 5.41) is 8.58. The Balaban J connectivity index is 1.77. The normalized spacial score (nSPS) is 10.2. The molecule has 0 saturated carbocycles. The van der Waals surface area contributed by atoms with Crippen LogP contribution in [0.15, 0.2) is 48.5 Å². The van der Waals surface area contributed by atoms with Gasteiger partial charge in [-0.1, -0.05) is 6.07 Å². The lowest BCUT2D eigenvalue weighted by Crippen LogP contribution is -2.10. The van der Waals surface area contributed by atoms with Crippen LogP contribution < -0.4 is 18.9 Å². The van der Waals surface area contributed by atoms with Gasteiger partial charge in [0.2, 0.25) is 0 Å². The molecule has 0 aliphatic rings. The molecule has 152 valence electrons. The molecule has 0 fully saturated rings. The van der Waals surface area contributed by atoms with Crippen molar-refractivity contribution < 1.29 is 28.5 Å². The van der Waals surface area contributed by atoms with Crippen molar-refractivity contribution in [2.45, 2.75) is 6.92 Å². The highest BCUT2D eigenvalue weighted by molar-refractivity contribution is 5.87. The monoisotopic (exact) mass is 397 g/mol. The molecule has 0 atom stereocenters. The lowest BCUT2D eigenvalue weighted by Gasteiger charge is -2.09. The molecule has 0 spiro atoms. The highest BCUT2D eigenvalue weighted by Gasteiger charge is 2.05. The van der Waals surface area contributed by atoms with Crippen LogP contribution in [0.5, 0.6) is 23.0 Å². The minimum absolute atomic E-state index is 0.0728. The van der Waals surface area contributed by atoms with E-state index >= 15 is 0 Å². The van der Waals surface area contributed by atoms with Crippen molar-refractivity contribution >= 4 is 12.0 Å². The Morgan fingerprint density at radius 1 is 1.00 bits per heavy atom. The number of rotatable bonds is 11. The number of benzene rings is 2. The maximum absolute atomic E-state index is 11.8. The number of nitriles is 1. The van der Waals surface area contributed by atoms with Crippen LogP contribution in [0.1, 0.15) is 12.5 Å². The first-order chi connectivity index (χ1) is 14.2. The molecule has 7 heteroatoms. The van der Waals surface area contributed by atoms with Gasteiger partial charge < -0.3 is 23.7 Å². The molecule has 7 nitrogen and oxygen atoms in total. The van der Waals surface area contributed by atoms with Gasteiger partial charge >= 0.3 is 5.97 Å². The first kappa shape index (κ1) is 21.6. The summed E-state index contributed by atoms with van der Waals surface area (Å²) in [6, 6.07) is 14.2. The Bertz CT molecular complexity index is 855. The van der Waals surface area contributed by atoms with E-state index in [-0.39, 0.29) is 19.8 Å². The van der Waals surface area contributed by atoms with E-state index in [2.05, 4.69) is 0 Å². The van der Waals surface area contributed by atoms with Crippen LogP contribution in [-0.4, -0.2) is 39.5 Å². The van der Waals surface area contributed by atoms with Gasteiger partial charge in [0.05, 0.1) is 13.7 Å². The smallest absolute Gasteiger partial charge is 0.330 e. The molecule has 2 rings (SSSR count). The fraction of sp³-hybridized carbons (Fsp3) is 0.273. The summed E-state index contributed by atoms with van der Waals surface area (Å²) in [7, 11) is 1.50. The van der Waals surface area contributed by atoms with Gasteiger partial charge in [0, 0.05) is 6.08 Å². The van der Waals surface area contributed by atoms with Crippen molar-refractivity contribution in [3.63, 3.8) is 0 Å². The molecule has 29 heavy (non-hydrogen) atoms. The molecular formula is C22H23NO6. The predicted octanol–water partition coefficient (Wildman–Crippen LogP) is 3.63. The molecule has 0 bridgehead atoms. The lowest BCUT2D eigenvalue weighted by molar-refractivity contribution is -0.138. The standard InChI is InChI=1S/C22H23NO6/c1-3-26-18-6-8-19(9-7-18)27-14-15-29-22(24)11-5-17-4-10-20(28-13-12-23)21(16-17)25-2/h4-11,16H,3,13-15H2,1-2H3. The molecule has 0 saturated heterocycles. The number of hydrogen-bond acceptors (Lipinski definition) is 7. The minimum atomic E-state index is -0.482. The molecule has 0 aliphatic carbocycles. The SMILES string of the molecule is CCOc1ccc(OCCOC(=O)C=Cc2ccc(OCC#N)c(OC)c2)cc1. The van der Waals surface area contributed by atoms with Gasteiger partial charge in [-0.3, -0.25) is 0 Å². The maximum Gasteiger partial charge on any atom is 0.330 e. The van der Waals surface area contributed by atoms with Crippen LogP contribution >= 0.6 is 0 Å². The average Bonchev–Trinajstić information content (AvgIpc) is 2.75. The van der Waals surface area contributed by atoms with Crippen LogP contribution in [0.2, 0.25) is 0 Å². The van der Waals surface area contributed by atoms with E-state index in [9.17, 15) is 4.79 Å². The quantitative estimate of drug-likeness (QED) is 0.325. The van der Waals surface area contributed by atoms with E-state index in [1.54, 1.807) is 36.4 Å². The number of hydrogen-bond donors (Lipinski definition) is 0. The third-order valence-electron chi connectivity index (χ3n) is 3.62. The Morgan fingerprint density at radius 3 is 2.38 bits per heavy atom. The van der Waals surface area contributed by atoms with E-state index < -0.39 is 5.97 Å². The predicted molar refractivity (Wildman–Crippen MR) is 107 cm³/mol. The van der Waals surface area contributed by atoms with Gasteiger partial charge in [-0.15, -0.1) is 0 Å². The molecule has 0 N–H and O–H groups in total. The maximum atomic E-state index is 11.8. The fourth-order valence-corrected chi connectivity index (χ4v) is 2.33. The second-order valence-electron chi connectivity index (χ2n) is 5.61. The highest BCUT2D eigenvalue weighted by Crippen LogP contribution is 2.28. The van der Waals surface area contributed by atoms with Gasteiger partial charge in [-0.25, -0.2) is 4.79 Å². The molecule has 0 radical (unpaired) electrons. The molecular weight excluding hydrogens is 374 g/mol. The van der Waals surface area contributed by atoms with Gasteiger partial charge in [0.15, 0.2) is 18.1 Å². The Morgan fingerprint density at radius 2 is 1.72 bits per heavy atom. The summed E-state index contributed by atoms with van der Waals surface area (Å²) < 4.78 is 26.5. The Labute approximate surface area is 170 Å². The van der Waals surface area contributed by atoms with Crippen molar-refractivity contribution in [2.75, 3.05) is 33.5 Å². The van der Waals surface area contributed by atoms with E-state index in [0.29, 0.717) is 23.9 Å². The van der Waals surface area contributed by atoms with Crippen LogP contribution in [0, 0.1) is 11.3 Å². The molecule has 2 aromatic carbocycles. The first-order valence-electron chi connectivity index (χ1n) is 9.04. The molecule has 0 amide bonds. The zero-order valence-electron chi connectivity index (χ0n) is 16.4. The zero-order chi connectivity index (χ0) is 20.9. The molecule has 0 aromatic heterocycles. The zero-order valence-corrected chi connectivity index (χ0v) is 16.4. The van der Waals surface area contributed by atoms with Gasteiger partial charge in [0.25, 0.3) is 0 Å². The Kier molecular flexibility index (Phi) is 8.90. The molecule has 0 heterocycles. The third kappa shape index (κ3) is 7.46. The van der Waals surface area contributed by atoms with Crippen LogP contribution in [-0.2, 0) is 9.53 Å². The number of carbonyl (C=O) groups is 1. The summed E-state index contributed by atoms with van der Waals surface area (Å²) in [4.78, 5) is 11.8. The van der Waals surface area contributed by atoms with E-state index in [1.165, 1.54) is 13.2 Å². The summed E-state index contributed by atoms with van der Waals surface area (Å²) in [5.74, 6) is 1.90. The fourth-order valence-electron chi connectivity index (χ4n) is 2.33. The van der Waals surface area contributed by atoms with Gasteiger partial charge in [-0.2, -0.15) is 5.26 Å². The van der Waals surface area contributed by atoms with Crippen LogP contribution in [0.4, 0.5) is 0 Å². The highest BCUT2D eigenvalue weighted by atomic mass is 16.6. The van der Waals surface area contributed by atoms with E-state index in [0.717, 1.165) is 11.3 Å². The number of carbonyl (C=O) groups excluding carboxylic acids is 1. The van der Waals surface area contributed by atoms with Crippen LogP contribution in [0.25, 0.3) is 6.08 Å². The minimum Gasteiger partial charge on any atom is -0.494 e. The van der Waals surface area contributed by atoms with E-state index in [4.69, 9.17) is 28.9 Å². The molecule has 0 unspecified atom stereocenters. The number of methoxy groups -OCH3 is 1. The topological polar surface area (TPSA) is 87.0 Å². The molecule has 2 aromatic rings. The lowest BCUT2D eigenvalue weighted by atomic mass is 10.2. The van der Waals surface area contributed by atoms with Gasteiger partial charge in [-0.05, 0) is 55.0 Å². The van der Waals surface area contributed by atoms with Crippen molar-refractivity contribution in [1.82, 2.24) is 0 Å².